The van der Waals surface area contributed by atoms with Crippen molar-refractivity contribution in [3.8, 4) is 10.9 Å². The van der Waals surface area contributed by atoms with Crippen LogP contribution in [0.25, 0.3) is 0 Å². The van der Waals surface area contributed by atoms with Gasteiger partial charge in [0.05, 0.1) is 0 Å². The molecule has 0 aliphatic heterocycles. The minimum atomic E-state index is -1.32. The van der Waals surface area contributed by atoms with E-state index < -0.39 is 17.4 Å². The Balaban J connectivity index is 1.78. The van der Waals surface area contributed by atoms with Gasteiger partial charge in [-0.25, -0.2) is 4.98 Å². The van der Waals surface area contributed by atoms with Crippen LogP contribution in [0.2, 0.25) is 0 Å². The van der Waals surface area contributed by atoms with Crippen molar-refractivity contribution in [2.75, 3.05) is 0 Å². The van der Waals surface area contributed by atoms with E-state index in [1.165, 1.54) is 17.5 Å². The summed E-state index contributed by atoms with van der Waals surface area (Å²) in [5.41, 5.74) is -1.32. The second-order valence-corrected chi connectivity index (χ2v) is 5.81. The van der Waals surface area contributed by atoms with Gasteiger partial charge in [0.25, 0.3) is 0 Å². The van der Waals surface area contributed by atoms with Crippen molar-refractivity contribution in [1.82, 2.24) is 4.98 Å². The van der Waals surface area contributed by atoms with E-state index in [0.29, 0.717) is 11.5 Å². The highest BCUT2D eigenvalue weighted by atomic mass is 32.1. The molecule has 1 aliphatic rings. The van der Waals surface area contributed by atoms with Crippen molar-refractivity contribution in [3.05, 3.63) is 54.6 Å². The zero-order valence-electron chi connectivity index (χ0n) is 11.6. The van der Waals surface area contributed by atoms with Gasteiger partial charge in [-0.3, -0.25) is 9.59 Å². The average molecular weight is 315 g/mol. The van der Waals surface area contributed by atoms with Gasteiger partial charge >= 0.3 is 11.9 Å². The molecule has 2 heterocycles. The van der Waals surface area contributed by atoms with Crippen molar-refractivity contribution in [1.29, 1.82) is 0 Å². The fraction of sp³-hybridized carbons (Fsp3) is 0.188. The van der Waals surface area contributed by atoms with E-state index in [9.17, 15) is 9.59 Å². The van der Waals surface area contributed by atoms with Crippen LogP contribution < -0.4 is 9.47 Å². The van der Waals surface area contributed by atoms with Crippen molar-refractivity contribution in [3.63, 3.8) is 0 Å². The first kappa shape index (κ1) is 14.5. The predicted molar refractivity (Wildman–Crippen MR) is 80.6 cm³/mol. The second kappa shape index (κ2) is 5.73. The summed E-state index contributed by atoms with van der Waals surface area (Å²) in [6.45, 7) is 3.66. The number of esters is 2. The fourth-order valence-corrected chi connectivity index (χ4v) is 2.79. The minimum Gasteiger partial charge on any atom is -0.415 e. The van der Waals surface area contributed by atoms with Crippen molar-refractivity contribution >= 4 is 23.3 Å². The number of hydrogen-bond acceptors (Lipinski definition) is 6. The van der Waals surface area contributed by atoms with E-state index in [1.807, 2.05) is 0 Å². The van der Waals surface area contributed by atoms with Crippen LogP contribution in [0.1, 0.15) is 6.42 Å². The molecule has 22 heavy (non-hydrogen) atoms. The summed E-state index contributed by atoms with van der Waals surface area (Å²) in [6.07, 6.45) is 3.43. The Kier molecular flexibility index (Phi) is 3.77. The van der Waals surface area contributed by atoms with Gasteiger partial charge in [-0.2, -0.15) is 0 Å². The van der Waals surface area contributed by atoms with Crippen LogP contribution in [-0.2, 0) is 9.59 Å². The fourth-order valence-electron chi connectivity index (χ4n) is 2.22. The van der Waals surface area contributed by atoms with Crippen LogP contribution in [0, 0.1) is 11.3 Å². The van der Waals surface area contributed by atoms with Crippen LogP contribution in [0.3, 0.4) is 0 Å². The van der Waals surface area contributed by atoms with Gasteiger partial charge in [-0.1, -0.05) is 12.1 Å². The maximum absolute atomic E-state index is 12.4. The molecule has 3 rings (SSSR count). The van der Waals surface area contributed by atoms with Gasteiger partial charge in [-0.15, -0.1) is 17.9 Å². The van der Waals surface area contributed by atoms with Crippen LogP contribution in [0.4, 0.5) is 0 Å². The van der Waals surface area contributed by atoms with E-state index in [-0.39, 0.29) is 11.8 Å². The van der Waals surface area contributed by atoms with Gasteiger partial charge < -0.3 is 9.47 Å². The van der Waals surface area contributed by atoms with E-state index in [4.69, 9.17) is 9.47 Å². The van der Waals surface area contributed by atoms with E-state index in [1.54, 1.807) is 41.8 Å². The first-order valence-electron chi connectivity index (χ1n) is 6.68. The molecule has 2 atom stereocenters. The lowest BCUT2D eigenvalue weighted by molar-refractivity contribution is -0.154. The standard InChI is InChI=1S/C16H13NO4S/c1-2-11-10-16(11,15(19)21-13-7-5-9-22-13)14(18)20-12-6-3-4-8-17-12/h2-9,11H,1,10H2. The molecular weight excluding hydrogens is 302 g/mol. The first-order valence-corrected chi connectivity index (χ1v) is 7.56. The topological polar surface area (TPSA) is 65.5 Å². The summed E-state index contributed by atoms with van der Waals surface area (Å²) >= 11 is 1.29. The molecular formula is C16H13NO4S. The molecule has 0 radical (unpaired) electrons. The number of carbonyl (C=O) groups excluding carboxylic acids is 2. The summed E-state index contributed by atoms with van der Waals surface area (Å²) in [6, 6.07) is 8.41. The van der Waals surface area contributed by atoms with Crippen LogP contribution in [0.15, 0.2) is 54.6 Å². The van der Waals surface area contributed by atoms with Gasteiger partial charge in [-0.05, 0) is 30.0 Å². The molecule has 2 aromatic heterocycles. The molecule has 1 fully saturated rings. The summed E-state index contributed by atoms with van der Waals surface area (Å²) in [5, 5.41) is 2.24. The maximum Gasteiger partial charge on any atom is 0.330 e. The van der Waals surface area contributed by atoms with E-state index in [0.717, 1.165) is 0 Å². The lowest BCUT2D eigenvalue weighted by Gasteiger charge is -2.13. The van der Waals surface area contributed by atoms with Crippen molar-refractivity contribution in [2.24, 2.45) is 11.3 Å². The molecule has 2 unspecified atom stereocenters. The maximum atomic E-state index is 12.4. The lowest BCUT2D eigenvalue weighted by atomic mass is 10.0. The summed E-state index contributed by atoms with van der Waals surface area (Å²) in [7, 11) is 0. The molecule has 0 N–H and O–H groups in total. The highest BCUT2D eigenvalue weighted by Crippen LogP contribution is 2.55. The summed E-state index contributed by atoms with van der Waals surface area (Å²) in [5.74, 6) is -1.39. The Morgan fingerprint density at radius 1 is 1.27 bits per heavy atom. The van der Waals surface area contributed by atoms with Gasteiger partial charge in [0, 0.05) is 18.2 Å². The number of ether oxygens (including phenoxy) is 2. The zero-order chi connectivity index (χ0) is 15.6. The number of hydrogen-bond donors (Lipinski definition) is 0. The Morgan fingerprint density at radius 3 is 2.68 bits per heavy atom. The number of thiophene rings is 1. The molecule has 0 amide bonds. The smallest absolute Gasteiger partial charge is 0.330 e. The number of pyridine rings is 1. The van der Waals surface area contributed by atoms with Gasteiger partial charge in [0.2, 0.25) is 5.88 Å². The Labute approximate surface area is 131 Å². The number of rotatable bonds is 5. The minimum absolute atomic E-state index is 0.158. The van der Waals surface area contributed by atoms with Crippen LogP contribution in [-0.4, -0.2) is 16.9 Å². The molecule has 112 valence electrons. The molecule has 0 bridgehead atoms. The largest absolute Gasteiger partial charge is 0.415 e. The van der Waals surface area contributed by atoms with E-state index in [2.05, 4.69) is 11.6 Å². The average Bonchev–Trinajstić information content (AvgIpc) is 3.09. The Morgan fingerprint density at radius 2 is 2.09 bits per heavy atom. The molecule has 6 heteroatoms. The highest BCUT2D eigenvalue weighted by Gasteiger charge is 2.67. The number of aromatic nitrogens is 1. The molecule has 1 saturated carbocycles. The summed E-state index contributed by atoms with van der Waals surface area (Å²) in [4.78, 5) is 28.8. The third-order valence-electron chi connectivity index (χ3n) is 3.55. The highest BCUT2D eigenvalue weighted by molar-refractivity contribution is 7.11. The lowest BCUT2D eigenvalue weighted by Crippen LogP contribution is -2.35. The second-order valence-electron chi connectivity index (χ2n) is 4.90. The van der Waals surface area contributed by atoms with Gasteiger partial charge in [0.15, 0.2) is 10.5 Å². The summed E-state index contributed by atoms with van der Waals surface area (Å²) < 4.78 is 10.5. The molecule has 1 aliphatic carbocycles. The zero-order valence-corrected chi connectivity index (χ0v) is 12.4. The quantitative estimate of drug-likeness (QED) is 0.482. The van der Waals surface area contributed by atoms with Crippen molar-refractivity contribution < 1.29 is 19.1 Å². The molecule has 0 saturated heterocycles. The predicted octanol–water partition coefficient (Wildman–Crippen LogP) is 2.85. The third kappa shape index (κ3) is 2.53. The number of carbonyl (C=O) groups is 2. The van der Waals surface area contributed by atoms with Crippen LogP contribution in [0.5, 0.6) is 10.9 Å². The Bertz CT molecular complexity index is 698. The molecule has 5 nitrogen and oxygen atoms in total. The normalized spacial score (nSPS) is 22.6. The SMILES string of the molecule is C=CC1CC1(C(=O)Oc1ccccn1)C(=O)Oc1cccs1. The van der Waals surface area contributed by atoms with Gasteiger partial charge in [0.1, 0.15) is 0 Å². The first-order chi connectivity index (χ1) is 10.7. The monoisotopic (exact) mass is 315 g/mol. The Hall–Kier alpha value is -2.47. The van der Waals surface area contributed by atoms with Crippen molar-refractivity contribution in [2.45, 2.75) is 6.42 Å². The molecule has 0 spiro atoms. The number of nitrogens with zero attached hydrogens (tertiary/aromatic N) is 1. The number of allylic oxidation sites excluding steroid dienone is 1. The van der Waals surface area contributed by atoms with Crippen LogP contribution >= 0.6 is 11.3 Å². The third-order valence-corrected chi connectivity index (χ3v) is 4.30. The molecule has 0 aromatic carbocycles. The molecule has 2 aromatic rings. The van der Waals surface area contributed by atoms with E-state index >= 15 is 0 Å².